The molecule has 1 aromatic heterocycles. The van der Waals surface area contributed by atoms with Crippen LogP contribution in [0.5, 0.6) is 5.75 Å². The Hall–Kier alpha value is -2.05. The Bertz CT molecular complexity index is 727. The minimum Gasteiger partial charge on any atom is -0.492 e. The van der Waals surface area contributed by atoms with E-state index >= 15 is 0 Å². The molecule has 1 amide bonds. The second-order valence-electron chi connectivity index (χ2n) is 6.12. The summed E-state index contributed by atoms with van der Waals surface area (Å²) in [5.74, 6) is 0.699. The van der Waals surface area contributed by atoms with Crippen molar-refractivity contribution >= 4 is 23.2 Å². The molecule has 1 N–H and O–H groups in total. The van der Waals surface area contributed by atoms with Crippen LogP contribution in [0.4, 0.5) is 5.69 Å². The fourth-order valence-corrected chi connectivity index (χ4v) is 2.54. The van der Waals surface area contributed by atoms with Gasteiger partial charge in [0.05, 0.1) is 23.1 Å². The smallest absolute Gasteiger partial charge is 0.241 e. The SMILES string of the molecule is Cc1nn(C)c(C)c1NC(=O)[C@@H](C)N(C)CCOc1ccc(Cl)cc1. The van der Waals surface area contributed by atoms with Gasteiger partial charge in [-0.2, -0.15) is 5.10 Å². The summed E-state index contributed by atoms with van der Waals surface area (Å²) >= 11 is 5.85. The summed E-state index contributed by atoms with van der Waals surface area (Å²) < 4.78 is 7.44. The second-order valence-corrected chi connectivity index (χ2v) is 6.55. The monoisotopic (exact) mass is 364 g/mol. The molecule has 2 aromatic rings. The van der Waals surface area contributed by atoms with Crippen molar-refractivity contribution < 1.29 is 9.53 Å². The fraction of sp³-hybridized carbons (Fsp3) is 0.444. The molecule has 0 saturated heterocycles. The van der Waals surface area contributed by atoms with Gasteiger partial charge in [-0.3, -0.25) is 14.4 Å². The molecule has 6 nitrogen and oxygen atoms in total. The lowest BCUT2D eigenvalue weighted by Gasteiger charge is -2.24. The topological polar surface area (TPSA) is 59.4 Å². The van der Waals surface area contributed by atoms with Gasteiger partial charge in [0, 0.05) is 18.6 Å². The molecule has 0 aliphatic carbocycles. The van der Waals surface area contributed by atoms with Crippen LogP contribution in [0.15, 0.2) is 24.3 Å². The summed E-state index contributed by atoms with van der Waals surface area (Å²) in [7, 11) is 3.76. The average Bonchev–Trinajstić information content (AvgIpc) is 2.82. The molecule has 0 saturated carbocycles. The van der Waals surface area contributed by atoms with Gasteiger partial charge in [-0.05, 0) is 52.1 Å². The lowest BCUT2D eigenvalue weighted by Crippen LogP contribution is -2.41. The third-order valence-corrected chi connectivity index (χ3v) is 4.58. The van der Waals surface area contributed by atoms with E-state index in [0.717, 1.165) is 22.8 Å². The molecule has 1 heterocycles. The third-order valence-electron chi connectivity index (χ3n) is 4.32. The number of carbonyl (C=O) groups is 1. The van der Waals surface area contributed by atoms with Crippen LogP contribution in [0, 0.1) is 13.8 Å². The van der Waals surface area contributed by atoms with Crippen molar-refractivity contribution in [2.75, 3.05) is 25.5 Å². The highest BCUT2D eigenvalue weighted by molar-refractivity contribution is 6.30. The van der Waals surface area contributed by atoms with E-state index in [-0.39, 0.29) is 11.9 Å². The van der Waals surface area contributed by atoms with Gasteiger partial charge < -0.3 is 10.1 Å². The highest BCUT2D eigenvalue weighted by Gasteiger charge is 2.20. The molecule has 0 spiro atoms. The van der Waals surface area contributed by atoms with Crippen LogP contribution >= 0.6 is 11.6 Å². The summed E-state index contributed by atoms with van der Waals surface area (Å²) in [6.07, 6.45) is 0. The van der Waals surface area contributed by atoms with Crippen LogP contribution in [-0.2, 0) is 11.8 Å². The Kier molecular flexibility index (Phi) is 6.45. The number of carbonyl (C=O) groups excluding carboxylic acids is 1. The van der Waals surface area contributed by atoms with E-state index in [1.54, 1.807) is 16.8 Å². The number of nitrogens with zero attached hydrogens (tertiary/aromatic N) is 3. The largest absolute Gasteiger partial charge is 0.492 e. The highest BCUT2D eigenvalue weighted by Crippen LogP contribution is 2.19. The van der Waals surface area contributed by atoms with E-state index in [1.807, 2.05) is 51.9 Å². The number of aryl methyl sites for hydroxylation is 2. The van der Waals surface area contributed by atoms with Crippen LogP contribution in [0.25, 0.3) is 0 Å². The van der Waals surface area contributed by atoms with Gasteiger partial charge in [-0.25, -0.2) is 0 Å². The molecule has 0 aliphatic rings. The lowest BCUT2D eigenvalue weighted by molar-refractivity contribution is -0.120. The molecule has 136 valence electrons. The molecule has 0 fully saturated rings. The van der Waals surface area contributed by atoms with Crippen LogP contribution in [-0.4, -0.2) is 46.8 Å². The molecule has 0 unspecified atom stereocenters. The zero-order valence-corrected chi connectivity index (χ0v) is 16.1. The molecule has 0 radical (unpaired) electrons. The number of likely N-dealkylation sites (N-methyl/N-ethyl adjacent to an activating group) is 1. The van der Waals surface area contributed by atoms with Crippen LogP contribution in [0.2, 0.25) is 5.02 Å². The van der Waals surface area contributed by atoms with Gasteiger partial charge >= 0.3 is 0 Å². The summed E-state index contributed by atoms with van der Waals surface area (Å²) in [6, 6.07) is 6.94. The molecule has 0 bridgehead atoms. The number of hydrogen-bond acceptors (Lipinski definition) is 4. The summed E-state index contributed by atoms with van der Waals surface area (Å²) in [4.78, 5) is 14.4. The van der Waals surface area contributed by atoms with E-state index in [9.17, 15) is 4.79 Å². The van der Waals surface area contributed by atoms with Crippen LogP contribution in [0.1, 0.15) is 18.3 Å². The first-order valence-electron chi connectivity index (χ1n) is 8.19. The van der Waals surface area contributed by atoms with E-state index < -0.39 is 0 Å². The van der Waals surface area contributed by atoms with Crippen LogP contribution < -0.4 is 10.1 Å². The minimum absolute atomic E-state index is 0.0619. The Balaban J connectivity index is 1.85. The van der Waals surface area contributed by atoms with Gasteiger partial charge in [-0.1, -0.05) is 11.6 Å². The first-order valence-corrected chi connectivity index (χ1v) is 8.57. The number of aromatic nitrogens is 2. The highest BCUT2D eigenvalue weighted by atomic mass is 35.5. The van der Waals surface area contributed by atoms with Crippen molar-refractivity contribution in [3.63, 3.8) is 0 Å². The van der Waals surface area contributed by atoms with Crippen molar-refractivity contribution in [2.45, 2.75) is 26.8 Å². The number of halogens is 1. The number of anilines is 1. The van der Waals surface area contributed by atoms with Crippen molar-refractivity contribution in [1.29, 1.82) is 0 Å². The Morgan fingerprint density at radius 3 is 2.56 bits per heavy atom. The Labute approximate surface area is 153 Å². The van der Waals surface area contributed by atoms with E-state index in [4.69, 9.17) is 16.3 Å². The fourth-order valence-electron chi connectivity index (χ4n) is 2.41. The normalized spacial score (nSPS) is 12.3. The van der Waals surface area contributed by atoms with Gasteiger partial charge in [0.25, 0.3) is 0 Å². The maximum atomic E-state index is 12.5. The number of ether oxygens (including phenoxy) is 1. The summed E-state index contributed by atoms with van der Waals surface area (Å²) in [5, 5.41) is 7.97. The zero-order chi connectivity index (χ0) is 18.6. The number of amides is 1. The van der Waals surface area contributed by atoms with Crippen molar-refractivity contribution in [3.8, 4) is 5.75 Å². The second kappa shape index (κ2) is 8.36. The predicted molar refractivity (Wildman–Crippen MR) is 100 cm³/mol. The van der Waals surface area contributed by atoms with Crippen LogP contribution in [0.3, 0.4) is 0 Å². The van der Waals surface area contributed by atoms with Crippen molar-refractivity contribution in [1.82, 2.24) is 14.7 Å². The molecular formula is C18H25ClN4O2. The number of benzene rings is 1. The first kappa shape index (κ1) is 19.3. The lowest BCUT2D eigenvalue weighted by atomic mass is 10.2. The number of nitrogens with one attached hydrogen (secondary N) is 1. The number of hydrogen-bond donors (Lipinski definition) is 1. The average molecular weight is 365 g/mol. The van der Waals surface area contributed by atoms with E-state index in [2.05, 4.69) is 10.4 Å². The molecule has 1 atom stereocenters. The van der Waals surface area contributed by atoms with Gasteiger partial charge in [0.15, 0.2) is 0 Å². The molecular weight excluding hydrogens is 340 g/mol. The first-order chi connectivity index (χ1) is 11.8. The van der Waals surface area contributed by atoms with Crippen molar-refractivity contribution in [2.24, 2.45) is 7.05 Å². The maximum absolute atomic E-state index is 12.5. The summed E-state index contributed by atoms with van der Waals surface area (Å²) in [5.41, 5.74) is 2.53. The molecule has 0 aliphatic heterocycles. The van der Waals surface area contributed by atoms with Crippen molar-refractivity contribution in [3.05, 3.63) is 40.7 Å². The maximum Gasteiger partial charge on any atom is 0.241 e. The Morgan fingerprint density at radius 2 is 2.00 bits per heavy atom. The van der Waals surface area contributed by atoms with E-state index in [1.165, 1.54) is 0 Å². The van der Waals surface area contributed by atoms with Gasteiger partial charge in [-0.15, -0.1) is 0 Å². The molecule has 1 aromatic carbocycles. The zero-order valence-electron chi connectivity index (χ0n) is 15.3. The minimum atomic E-state index is -0.284. The van der Waals surface area contributed by atoms with Gasteiger partial charge in [0.1, 0.15) is 12.4 Å². The van der Waals surface area contributed by atoms with E-state index in [0.29, 0.717) is 18.2 Å². The summed E-state index contributed by atoms with van der Waals surface area (Å²) in [6.45, 7) is 6.81. The predicted octanol–water partition coefficient (Wildman–Crippen LogP) is 3.03. The molecule has 7 heteroatoms. The molecule has 25 heavy (non-hydrogen) atoms. The van der Waals surface area contributed by atoms with Gasteiger partial charge in [0.2, 0.25) is 5.91 Å². The quantitative estimate of drug-likeness (QED) is 0.820. The third kappa shape index (κ3) is 4.96. The molecule has 2 rings (SSSR count). The Morgan fingerprint density at radius 1 is 1.36 bits per heavy atom. The standard InChI is InChI=1S/C18H25ClN4O2/c1-12-17(13(2)23(5)21-12)20-18(24)14(3)22(4)10-11-25-16-8-6-15(19)7-9-16/h6-9,14H,10-11H2,1-5H3,(H,20,24)/t14-/m1/s1. The number of rotatable bonds is 7.